The number of hydrogen-bond acceptors (Lipinski definition) is 3. The monoisotopic (exact) mass is 307 g/mol. The lowest BCUT2D eigenvalue weighted by Crippen LogP contribution is -2.30. The first-order valence-corrected chi connectivity index (χ1v) is 7.49. The van der Waals surface area contributed by atoms with Crippen LogP contribution in [0.5, 0.6) is 0 Å². The molecule has 0 atom stereocenters. The summed E-state index contributed by atoms with van der Waals surface area (Å²) in [5.41, 5.74) is 2.05. The molecular weight excluding hydrogens is 290 g/mol. The number of benzene rings is 1. The smallest absolute Gasteiger partial charge is 0.254 e. The third kappa shape index (κ3) is 3.13. The predicted octanol–water partition coefficient (Wildman–Crippen LogP) is 2.59. The number of carbonyl (C=O) groups excluding carboxylic acids is 1. The Morgan fingerprint density at radius 2 is 1.91 bits per heavy atom. The number of aromatic amines is 1. The molecular formula is C18H17N3O2. The summed E-state index contributed by atoms with van der Waals surface area (Å²) >= 11 is 0. The SMILES string of the molecule is CCN(Cc1cc(=O)[nH]c2ccccc12)C(=O)c1ccncc1. The van der Waals surface area contributed by atoms with E-state index in [2.05, 4.69) is 9.97 Å². The zero-order valence-corrected chi connectivity index (χ0v) is 12.8. The molecule has 116 valence electrons. The van der Waals surface area contributed by atoms with Crippen LogP contribution in [-0.2, 0) is 6.54 Å². The first-order chi connectivity index (χ1) is 11.2. The summed E-state index contributed by atoms with van der Waals surface area (Å²) in [5, 5.41) is 0.952. The van der Waals surface area contributed by atoms with Crippen molar-refractivity contribution in [3.8, 4) is 0 Å². The molecule has 2 heterocycles. The molecule has 5 heteroatoms. The minimum Gasteiger partial charge on any atom is -0.335 e. The average molecular weight is 307 g/mol. The molecule has 0 unspecified atom stereocenters. The van der Waals surface area contributed by atoms with Gasteiger partial charge in [-0.2, -0.15) is 0 Å². The molecule has 0 aliphatic carbocycles. The second-order valence-corrected chi connectivity index (χ2v) is 5.26. The molecule has 2 aromatic heterocycles. The number of nitrogens with zero attached hydrogens (tertiary/aromatic N) is 2. The molecule has 1 amide bonds. The van der Waals surface area contributed by atoms with E-state index in [0.29, 0.717) is 18.7 Å². The highest BCUT2D eigenvalue weighted by Gasteiger charge is 2.16. The molecule has 5 nitrogen and oxygen atoms in total. The quantitative estimate of drug-likeness (QED) is 0.805. The van der Waals surface area contributed by atoms with Crippen LogP contribution < -0.4 is 5.56 Å². The molecule has 0 bridgehead atoms. The zero-order valence-electron chi connectivity index (χ0n) is 12.8. The molecule has 0 aliphatic rings. The Kier molecular flexibility index (Phi) is 4.19. The predicted molar refractivity (Wildman–Crippen MR) is 89.2 cm³/mol. The Labute approximate surface area is 133 Å². The summed E-state index contributed by atoms with van der Waals surface area (Å²) in [6, 6.07) is 12.6. The Bertz CT molecular complexity index is 887. The molecule has 0 spiro atoms. The van der Waals surface area contributed by atoms with Gasteiger partial charge in [-0.1, -0.05) is 18.2 Å². The van der Waals surface area contributed by atoms with Crippen LogP contribution in [0.1, 0.15) is 22.8 Å². The first-order valence-electron chi connectivity index (χ1n) is 7.49. The van der Waals surface area contributed by atoms with Gasteiger partial charge in [0.2, 0.25) is 5.56 Å². The van der Waals surface area contributed by atoms with Crippen LogP contribution in [0.3, 0.4) is 0 Å². The van der Waals surface area contributed by atoms with Crippen LogP contribution in [-0.4, -0.2) is 27.3 Å². The van der Waals surface area contributed by atoms with Crippen molar-refractivity contribution < 1.29 is 4.79 Å². The standard InChI is InChI=1S/C18H17N3O2/c1-2-21(18(23)13-7-9-19-10-8-13)12-14-11-17(22)20-16-6-4-3-5-15(14)16/h3-11H,2,12H2,1H3,(H,20,22). The van der Waals surface area contributed by atoms with E-state index in [4.69, 9.17) is 0 Å². The van der Waals surface area contributed by atoms with E-state index >= 15 is 0 Å². The van der Waals surface area contributed by atoms with Gasteiger partial charge >= 0.3 is 0 Å². The van der Waals surface area contributed by atoms with E-state index in [1.165, 1.54) is 0 Å². The molecule has 1 N–H and O–H groups in total. The van der Waals surface area contributed by atoms with Crippen molar-refractivity contribution in [3.63, 3.8) is 0 Å². The number of carbonyl (C=O) groups is 1. The second kappa shape index (κ2) is 6.44. The largest absolute Gasteiger partial charge is 0.335 e. The van der Waals surface area contributed by atoms with E-state index in [1.54, 1.807) is 35.5 Å². The van der Waals surface area contributed by atoms with Crippen molar-refractivity contribution in [3.05, 3.63) is 76.3 Å². The summed E-state index contributed by atoms with van der Waals surface area (Å²) in [7, 11) is 0. The van der Waals surface area contributed by atoms with E-state index in [-0.39, 0.29) is 11.5 Å². The highest BCUT2D eigenvalue weighted by Crippen LogP contribution is 2.17. The lowest BCUT2D eigenvalue weighted by atomic mass is 10.1. The summed E-state index contributed by atoms with van der Waals surface area (Å²) < 4.78 is 0. The Hall–Kier alpha value is -2.95. The lowest BCUT2D eigenvalue weighted by Gasteiger charge is -2.21. The van der Waals surface area contributed by atoms with Gasteiger partial charge in [0.25, 0.3) is 5.91 Å². The van der Waals surface area contributed by atoms with Gasteiger partial charge in [0.1, 0.15) is 0 Å². The van der Waals surface area contributed by atoms with Crippen LogP contribution in [0.2, 0.25) is 0 Å². The molecule has 0 saturated heterocycles. The third-order valence-electron chi connectivity index (χ3n) is 3.79. The number of hydrogen-bond donors (Lipinski definition) is 1. The molecule has 0 aliphatic heterocycles. The van der Waals surface area contributed by atoms with Crippen molar-refractivity contribution in [1.29, 1.82) is 0 Å². The number of fused-ring (bicyclic) bond motifs is 1. The average Bonchev–Trinajstić information content (AvgIpc) is 2.59. The van der Waals surface area contributed by atoms with E-state index in [1.807, 2.05) is 31.2 Å². The van der Waals surface area contributed by atoms with Crippen molar-refractivity contribution in [2.24, 2.45) is 0 Å². The van der Waals surface area contributed by atoms with Gasteiger partial charge < -0.3 is 9.88 Å². The fraction of sp³-hybridized carbons (Fsp3) is 0.167. The highest BCUT2D eigenvalue weighted by molar-refractivity contribution is 5.94. The zero-order chi connectivity index (χ0) is 16.2. The minimum atomic E-state index is -0.161. The maximum Gasteiger partial charge on any atom is 0.254 e. The van der Waals surface area contributed by atoms with Crippen molar-refractivity contribution in [2.45, 2.75) is 13.5 Å². The molecule has 3 rings (SSSR count). The molecule has 0 fully saturated rings. The number of nitrogens with one attached hydrogen (secondary N) is 1. The van der Waals surface area contributed by atoms with Crippen LogP contribution in [0.4, 0.5) is 0 Å². The van der Waals surface area contributed by atoms with Crippen LogP contribution >= 0.6 is 0 Å². The number of para-hydroxylation sites is 1. The van der Waals surface area contributed by atoms with E-state index in [0.717, 1.165) is 16.5 Å². The maximum atomic E-state index is 12.6. The Balaban J connectivity index is 1.96. The molecule has 1 aromatic carbocycles. The van der Waals surface area contributed by atoms with Gasteiger partial charge in [0, 0.05) is 48.0 Å². The first kappa shape index (κ1) is 15.0. The minimum absolute atomic E-state index is 0.0701. The highest BCUT2D eigenvalue weighted by atomic mass is 16.2. The summed E-state index contributed by atoms with van der Waals surface area (Å²) in [6.45, 7) is 2.87. The van der Waals surface area contributed by atoms with Gasteiger partial charge in [-0.3, -0.25) is 14.6 Å². The number of pyridine rings is 2. The second-order valence-electron chi connectivity index (χ2n) is 5.26. The van der Waals surface area contributed by atoms with E-state index < -0.39 is 0 Å². The summed E-state index contributed by atoms with van der Waals surface area (Å²) in [4.78, 5) is 32.9. The maximum absolute atomic E-state index is 12.6. The number of aromatic nitrogens is 2. The van der Waals surface area contributed by atoms with E-state index in [9.17, 15) is 9.59 Å². The molecule has 0 radical (unpaired) electrons. The summed E-state index contributed by atoms with van der Waals surface area (Å²) in [6.07, 6.45) is 3.20. The van der Waals surface area contributed by atoms with Gasteiger partial charge in [-0.25, -0.2) is 0 Å². The summed E-state index contributed by atoms with van der Waals surface area (Å²) in [5.74, 6) is -0.0701. The van der Waals surface area contributed by atoms with Gasteiger partial charge in [-0.15, -0.1) is 0 Å². The van der Waals surface area contributed by atoms with Crippen molar-refractivity contribution in [1.82, 2.24) is 14.9 Å². The fourth-order valence-electron chi connectivity index (χ4n) is 2.62. The molecule has 23 heavy (non-hydrogen) atoms. The molecule has 3 aromatic rings. The van der Waals surface area contributed by atoms with Gasteiger partial charge in [0.05, 0.1) is 0 Å². The number of rotatable bonds is 4. The van der Waals surface area contributed by atoms with Crippen LogP contribution in [0.15, 0.2) is 59.7 Å². The van der Waals surface area contributed by atoms with Gasteiger partial charge in [0.15, 0.2) is 0 Å². The normalized spacial score (nSPS) is 10.7. The number of amides is 1. The van der Waals surface area contributed by atoms with Crippen LogP contribution in [0.25, 0.3) is 10.9 Å². The topological polar surface area (TPSA) is 66.1 Å². The fourth-order valence-corrected chi connectivity index (χ4v) is 2.62. The number of H-pyrrole nitrogens is 1. The Morgan fingerprint density at radius 3 is 2.65 bits per heavy atom. The van der Waals surface area contributed by atoms with Crippen molar-refractivity contribution >= 4 is 16.8 Å². The molecule has 0 saturated carbocycles. The Morgan fingerprint density at radius 1 is 1.17 bits per heavy atom. The third-order valence-corrected chi connectivity index (χ3v) is 3.79. The lowest BCUT2D eigenvalue weighted by molar-refractivity contribution is 0.0753. The van der Waals surface area contributed by atoms with Crippen LogP contribution in [0, 0.1) is 0 Å². The van der Waals surface area contributed by atoms with Crippen molar-refractivity contribution in [2.75, 3.05) is 6.54 Å². The van der Waals surface area contributed by atoms with Gasteiger partial charge in [-0.05, 0) is 30.7 Å².